The molecule has 0 heterocycles. The lowest BCUT2D eigenvalue weighted by Crippen LogP contribution is -2.30. The lowest BCUT2D eigenvalue weighted by atomic mass is 10.1. The summed E-state index contributed by atoms with van der Waals surface area (Å²) in [7, 11) is 0. The van der Waals surface area contributed by atoms with E-state index in [0.29, 0.717) is 12.8 Å². The van der Waals surface area contributed by atoms with E-state index < -0.39 is 6.10 Å². The zero-order valence-electron chi connectivity index (χ0n) is 39.3. The Morgan fingerprint density at radius 1 is 0.323 bits per heavy atom. The van der Waals surface area contributed by atoms with Crippen molar-refractivity contribution >= 4 is 17.9 Å². The van der Waals surface area contributed by atoms with Crippen LogP contribution >= 0.6 is 0 Å². The van der Waals surface area contributed by atoms with Crippen LogP contribution in [0.5, 0.6) is 0 Å². The van der Waals surface area contributed by atoms with Crippen LogP contribution in [-0.4, -0.2) is 37.2 Å². The van der Waals surface area contributed by atoms with Crippen LogP contribution < -0.4 is 0 Å². The molecule has 0 radical (unpaired) electrons. The summed E-state index contributed by atoms with van der Waals surface area (Å²) in [6.45, 7) is 6.15. The maximum absolute atomic E-state index is 12.8. The summed E-state index contributed by atoms with van der Waals surface area (Å²) in [5.41, 5.74) is 0. The van der Waals surface area contributed by atoms with Crippen LogP contribution in [0.3, 0.4) is 0 Å². The van der Waals surface area contributed by atoms with E-state index in [1.54, 1.807) is 0 Å². The van der Waals surface area contributed by atoms with E-state index in [4.69, 9.17) is 14.2 Å². The molecule has 346 valence electrons. The Kier molecular flexibility index (Phi) is 45.7. The Bertz CT molecular complexity index is 1400. The summed E-state index contributed by atoms with van der Waals surface area (Å²) in [6.07, 6.45) is 68.9. The molecule has 1 unspecified atom stereocenters. The van der Waals surface area contributed by atoms with Gasteiger partial charge in [-0.05, 0) is 109 Å². The standard InChI is InChI=1S/C56H86O6/c1-4-7-10-13-16-19-22-24-26-27-28-29-30-32-34-37-40-43-46-49-55(58)61-52-53(51-60-54(57)48-45-42-39-36-33-21-18-15-12-9-6-3)62-56(59)50-47-44-41-38-35-31-25-23-20-17-14-11-8-5-2/h7-12,16-21,24,26,28-29,32,34,36,39-40,43,53H,4-6,13-15,22-23,25,27,30-31,33,35,37-38,41-42,44-52H2,1-3H3/b10-7-,11-8-,12-9-,19-16-,20-17-,21-18-,26-24-,29-28-,34-32-,39-36-,43-40-. The summed E-state index contributed by atoms with van der Waals surface area (Å²) in [6, 6.07) is 0. The lowest BCUT2D eigenvalue weighted by Gasteiger charge is -2.18. The molecule has 1 atom stereocenters. The number of rotatable bonds is 41. The molecule has 6 nitrogen and oxygen atoms in total. The van der Waals surface area contributed by atoms with Gasteiger partial charge in [0, 0.05) is 19.3 Å². The van der Waals surface area contributed by atoms with Crippen LogP contribution in [-0.2, 0) is 28.6 Å². The van der Waals surface area contributed by atoms with Crippen molar-refractivity contribution in [3.63, 3.8) is 0 Å². The highest BCUT2D eigenvalue weighted by Gasteiger charge is 2.19. The van der Waals surface area contributed by atoms with Crippen molar-refractivity contribution in [2.75, 3.05) is 13.2 Å². The second kappa shape index (κ2) is 49.2. The molecule has 0 aliphatic carbocycles. The molecular formula is C56H86O6. The van der Waals surface area contributed by atoms with Crippen molar-refractivity contribution in [3.8, 4) is 0 Å². The lowest BCUT2D eigenvalue weighted by molar-refractivity contribution is -0.166. The highest BCUT2D eigenvalue weighted by atomic mass is 16.6. The molecule has 0 spiro atoms. The zero-order chi connectivity index (χ0) is 45.1. The van der Waals surface area contributed by atoms with Gasteiger partial charge in [-0.25, -0.2) is 0 Å². The number of carbonyl (C=O) groups excluding carboxylic acids is 3. The molecule has 62 heavy (non-hydrogen) atoms. The summed E-state index contributed by atoms with van der Waals surface area (Å²) < 4.78 is 16.6. The van der Waals surface area contributed by atoms with Crippen molar-refractivity contribution in [2.45, 2.75) is 187 Å². The smallest absolute Gasteiger partial charge is 0.306 e. The second-order valence-corrected chi connectivity index (χ2v) is 15.2. The molecule has 0 fully saturated rings. The predicted molar refractivity (Wildman–Crippen MR) is 265 cm³/mol. The third kappa shape index (κ3) is 46.6. The van der Waals surface area contributed by atoms with Crippen LogP contribution in [0.2, 0.25) is 0 Å². The quantitative estimate of drug-likeness (QED) is 0.0264. The third-order valence-electron chi connectivity index (χ3n) is 9.39. The summed E-state index contributed by atoms with van der Waals surface area (Å²) in [5, 5.41) is 0. The number of esters is 3. The average Bonchev–Trinajstić information content (AvgIpc) is 3.27. The molecule has 0 aromatic rings. The maximum Gasteiger partial charge on any atom is 0.306 e. The van der Waals surface area contributed by atoms with Gasteiger partial charge in [0.25, 0.3) is 0 Å². The van der Waals surface area contributed by atoms with Crippen LogP contribution in [0.25, 0.3) is 0 Å². The van der Waals surface area contributed by atoms with Gasteiger partial charge in [0.2, 0.25) is 0 Å². The number of ether oxygens (including phenoxy) is 3. The molecule has 0 aliphatic heterocycles. The van der Waals surface area contributed by atoms with E-state index in [9.17, 15) is 14.4 Å². The fourth-order valence-electron chi connectivity index (χ4n) is 5.88. The molecule has 0 saturated heterocycles. The van der Waals surface area contributed by atoms with E-state index >= 15 is 0 Å². The largest absolute Gasteiger partial charge is 0.462 e. The normalized spacial score (nSPS) is 13.3. The highest BCUT2D eigenvalue weighted by Crippen LogP contribution is 2.12. The molecule has 0 amide bonds. The first-order valence-corrected chi connectivity index (χ1v) is 24.2. The Morgan fingerprint density at radius 2 is 0.629 bits per heavy atom. The average molecular weight is 855 g/mol. The van der Waals surface area contributed by atoms with E-state index in [1.165, 1.54) is 19.3 Å². The van der Waals surface area contributed by atoms with Gasteiger partial charge in [-0.2, -0.15) is 0 Å². The van der Waals surface area contributed by atoms with Gasteiger partial charge in [0.15, 0.2) is 6.10 Å². The van der Waals surface area contributed by atoms with Crippen LogP contribution in [0, 0.1) is 0 Å². The van der Waals surface area contributed by atoms with Crippen molar-refractivity contribution in [2.24, 2.45) is 0 Å². The summed E-state index contributed by atoms with van der Waals surface area (Å²) >= 11 is 0. The van der Waals surface area contributed by atoms with Crippen LogP contribution in [0.15, 0.2) is 134 Å². The van der Waals surface area contributed by atoms with E-state index in [2.05, 4.69) is 142 Å². The first-order valence-electron chi connectivity index (χ1n) is 24.2. The first kappa shape index (κ1) is 57.5. The second-order valence-electron chi connectivity index (χ2n) is 15.2. The van der Waals surface area contributed by atoms with E-state index in [0.717, 1.165) is 109 Å². The Morgan fingerprint density at radius 3 is 1.05 bits per heavy atom. The fourth-order valence-corrected chi connectivity index (χ4v) is 5.88. The van der Waals surface area contributed by atoms with Crippen molar-refractivity contribution in [1.82, 2.24) is 0 Å². The highest BCUT2D eigenvalue weighted by molar-refractivity contribution is 5.71. The Hall–Kier alpha value is -4.45. The van der Waals surface area contributed by atoms with Crippen molar-refractivity contribution < 1.29 is 28.6 Å². The minimum Gasteiger partial charge on any atom is -0.462 e. The van der Waals surface area contributed by atoms with Gasteiger partial charge < -0.3 is 14.2 Å². The molecule has 0 rings (SSSR count). The third-order valence-corrected chi connectivity index (χ3v) is 9.39. The van der Waals surface area contributed by atoms with Gasteiger partial charge in [0.1, 0.15) is 13.2 Å². The van der Waals surface area contributed by atoms with Gasteiger partial charge >= 0.3 is 17.9 Å². The summed E-state index contributed by atoms with van der Waals surface area (Å²) in [5.74, 6) is -1.09. The molecule has 0 saturated carbocycles. The van der Waals surface area contributed by atoms with E-state index in [1.807, 2.05) is 12.2 Å². The van der Waals surface area contributed by atoms with Gasteiger partial charge in [-0.15, -0.1) is 0 Å². The number of unbranched alkanes of at least 4 members (excludes halogenated alkanes) is 8. The fraction of sp³-hybridized carbons (Fsp3) is 0.554. The number of hydrogen-bond donors (Lipinski definition) is 0. The van der Waals surface area contributed by atoms with Crippen LogP contribution in [0.1, 0.15) is 181 Å². The van der Waals surface area contributed by atoms with Gasteiger partial charge in [0.05, 0.1) is 0 Å². The van der Waals surface area contributed by atoms with Crippen molar-refractivity contribution in [3.05, 3.63) is 134 Å². The number of hydrogen-bond acceptors (Lipinski definition) is 6. The molecule has 0 N–H and O–H groups in total. The summed E-state index contributed by atoms with van der Waals surface area (Å²) in [4.78, 5) is 37.8. The molecular weight excluding hydrogens is 769 g/mol. The van der Waals surface area contributed by atoms with Crippen LogP contribution in [0.4, 0.5) is 0 Å². The van der Waals surface area contributed by atoms with Gasteiger partial charge in [-0.3, -0.25) is 14.4 Å². The zero-order valence-corrected chi connectivity index (χ0v) is 39.3. The number of allylic oxidation sites excluding steroid dienone is 22. The Labute approximate surface area is 379 Å². The Balaban J connectivity index is 4.57. The molecule has 0 aromatic heterocycles. The SMILES string of the molecule is CC/C=C\C/C=C\C/C=C\C/C=C\C/C=C\C/C=C\CCC(=O)OCC(COC(=O)CCC/C=C\C/C=C\C/C=C\CC)OC(=O)CCCCCCCCC/C=C\C/C=C\CC. The minimum absolute atomic E-state index is 0.136. The number of carbonyl (C=O) groups is 3. The molecule has 6 heteroatoms. The first-order chi connectivity index (χ1) is 30.5. The monoisotopic (exact) mass is 855 g/mol. The van der Waals surface area contributed by atoms with E-state index in [-0.39, 0.29) is 50.4 Å². The van der Waals surface area contributed by atoms with Gasteiger partial charge in [-0.1, -0.05) is 187 Å². The van der Waals surface area contributed by atoms with Crippen molar-refractivity contribution in [1.29, 1.82) is 0 Å². The molecule has 0 bridgehead atoms. The topological polar surface area (TPSA) is 78.9 Å². The minimum atomic E-state index is -0.836. The molecule has 0 aromatic carbocycles. The predicted octanol–water partition coefficient (Wildman–Crippen LogP) is 15.9. The molecule has 0 aliphatic rings. The maximum atomic E-state index is 12.8.